The van der Waals surface area contributed by atoms with E-state index < -0.39 is 0 Å². The molecular formula is C16H18O2. The Labute approximate surface area is 108 Å². The molecule has 0 aromatic heterocycles. The average Bonchev–Trinajstić information content (AvgIpc) is 2.65. The number of aldehydes is 1. The molecule has 2 heteroatoms. The van der Waals surface area contributed by atoms with Gasteiger partial charge in [0.1, 0.15) is 5.75 Å². The first-order valence-corrected chi connectivity index (χ1v) is 6.08. The van der Waals surface area contributed by atoms with Crippen molar-refractivity contribution in [2.24, 2.45) is 0 Å². The number of ether oxygens (including phenoxy) is 1. The lowest BCUT2D eigenvalue weighted by atomic mass is 9.96. The molecule has 94 valence electrons. The van der Waals surface area contributed by atoms with Crippen molar-refractivity contribution in [2.75, 3.05) is 7.11 Å². The van der Waals surface area contributed by atoms with Gasteiger partial charge in [-0.3, -0.25) is 4.79 Å². The third-order valence-electron chi connectivity index (χ3n) is 3.81. The topological polar surface area (TPSA) is 26.3 Å². The summed E-state index contributed by atoms with van der Waals surface area (Å²) in [6.07, 6.45) is 1.84. The van der Waals surface area contributed by atoms with Crippen LogP contribution >= 0.6 is 0 Å². The summed E-state index contributed by atoms with van der Waals surface area (Å²) in [7, 11) is 1.61. The van der Waals surface area contributed by atoms with Gasteiger partial charge in [-0.05, 0) is 61.6 Å². The fraction of sp³-hybridized carbons (Fsp3) is 0.312. The molecule has 0 atom stereocenters. The normalized spacial score (nSPS) is 15.3. The van der Waals surface area contributed by atoms with Gasteiger partial charge in [-0.25, -0.2) is 0 Å². The van der Waals surface area contributed by atoms with Crippen LogP contribution in [0.25, 0.3) is 5.57 Å². The van der Waals surface area contributed by atoms with Crippen LogP contribution in [0.1, 0.15) is 43.1 Å². The number of benzene rings is 1. The van der Waals surface area contributed by atoms with Gasteiger partial charge in [0, 0.05) is 5.56 Å². The molecule has 2 nitrogen and oxygen atoms in total. The van der Waals surface area contributed by atoms with Crippen molar-refractivity contribution >= 4 is 11.9 Å². The molecule has 0 unspecified atom stereocenters. The minimum Gasteiger partial charge on any atom is -0.497 e. The maximum absolute atomic E-state index is 11.2. The molecule has 0 bridgehead atoms. The molecule has 0 N–H and O–H groups in total. The van der Waals surface area contributed by atoms with Gasteiger partial charge < -0.3 is 4.74 Å². The van der Waals surface area contributed by atoms with Crippen molar-refractivity contribution in [3.05, 3.63) is 46.0 Å². The zero-order chi connectivity index (χ0) is 13.3. The third-order valence-corrected chi connectivity index (χ3v) is 3.81. The Morgan fingerprint density at radius 1 is 1.17 bits per heavy atom. The van der Waals surface area contributed by atoms with Crippen LogP contribution in [0.3, 0.4) is 0 Å². The zero-order valence-electron chi connectivity index (χ0n) is 11.3. The van der Waals surface area contributed by atoms with E-state index in [-0.39, 0.29) is 0 Å². The van der Waals surface area contributed by atoms with Crippen LogP contribution in [0, 0.1) is 0 Å². The number of carbonyl (C=O) groups excluding carboxylic acids is 1. The van der Waals surface area contributed by atoms with Crippen molar-refractivity contribution < 1.29 is 9.53 Å². The molecule has 0 saturated carbocycles. The van der Waals surface area contributed by atoms with Gasteiger partial charge in [0.25, 0.3) is 0 Å². The van der Waals surface area contributed by atoms with Gasteiger partial charge in [-0.15, -0.1) is 0 Å². The molecule has 2 rings (SSSR count). The number of hydrogen-bond acceptors (Lipinski definition) is 2. The monoisotopic (exact) mass is 242 g/mol. The van der Waals surface area contributed by atoms with E-state index in [0.29, 0.717) is 5.56 Å². The molecule has 0 fully saturated rings. The summed E-state index contributed by atoms with van der Waals surface area (Å²) in [5.41, 5.74) is 7.01. The lowest BCUT2D eigenvalue weighted by Gasteiger charge is -2.10. The fourth-order valence-electron chi connectivity index (χ4n) is 2.41. The summed E-state index contributed by atoms with van der Waals surface area (Å²) in [6, 6.07) is 5.68. The van der Waals surface area contributed by atoms with Crippen molar-refractivity contribution in [1.29, 1.82) is 0 Å². The number of hydrogen-bond donors (Lipinski definition) is 0. The van der Waals surface area contributed by atoms with Gasteiger partial charge in [0.05, 0.1) is 7.11 Å². The largest absolute Gasteiger partial charge is 0.497 e. The van der Waals surface area contributed by atoms with E-state index in [0.717, 1.165) is 24.0 Å². The van der Waals surface area contributed by atoms with E-state index in [9.17, 15) is 4.79 Å². The second-order valence-electron chi connectivity index (χ2n) is 4.76. The van der Waals surface area contributed by atoms with Crippen LogP contribution in [-0.4, -0.2) is 13.4 Å². The van der Waals surface area contributed by atoms with Crippen molar-refractivity contribution in [1.82, 2.24) is 0 Å². The highest BCUT2D eigenvalue weighted by atomic mass is 16.5. The van der Waals surface area contributed by atoms with Gasteiger partial charge in [-0.2, -0.15) is 0 Å². The first-order valence-electron chi connectivity index (χ1n) is 6.08. The lowest BCUT2D eigenvalue weighted by molar-refractivity contribution is 0.112. The Balaban J connectivity index is 2.51. The fourth-order valence-corrected chi connectivity index (χ4v) is 2.41. The molecule has 0 heterocycles. The maximum Gasteiger partial charge on any atom is 0.150 e. The molecule has 0 saturated heterocycles. The van der Waals surface area contributed by atoms with E-state index in [1.807, 2.05) is 12.1 Å². The Morgan fingerprint density at radius 2 is 1.89 bits per heavy atom. The van der Waals surface area contributed by atoms with Crippen LogP contribution in [0.4, 0.5) is 0 Å². The second kappa shape index (κ2) is 4.81. The Morgan fingerprint density at radius 3 is 2.39 bits per heavy atom. The second-order valence-corrected chi connectivity index (χ2v) is 4.76. The zero-order valence-corrected chi connectivity index (χ0v) is 11.3. The Bertz CT molecular complexity index is 562. The highest BCUT2D eigenvalue weighted by Crippen LogP contribution is 2.39. The van der Waals surface area contributed by atoms with Gasteiger partial charge in [0.15, 0.2) is 6.29 Å². The first-order chi connectivity index (χ1) is 8.58. The van der Waals surface area contributed by atoms with Crippen molar-refractivity contribution in [3.8, 4) is 5.75 Å². The van der Waals surface area contributed by atoms with Gasteiger partial charge >= 0.3 is 0 Å². The summed E-state index contributed by atoms with van der Waals surface area (Å²) < 4.78 is 5.16. The predicted molar refractivity (Wildman–Crippen MR) is 74.0 cm³/mol. The smallest absolute Gasteiger partial charge is 0.150 e. The number of carbonyl (C=O) groups is 1. The van der Waals surface area contributed by atoms with Crippen LogP contribution in [0.15, 0.2) is 34.9 Å². The first kappa shape index (κ1) is 12.6. The summed E-state index contributed by atoms with van der Waals surface area (Å²) in [4.78, 5) is 11.2. The summed E-state index contributed by atoms with van der Waals surface area (Å²) in [5, 5.41) is 0. The molecule has 1 aromatic rings. The maximum atomic E-state index is 11.2. The van der Waals surface area contributed by atoms with Crippen LogP contribution in [0.2, 0.25) is 0 Å². The van der Waals surface area contributed by atoms with Gasteiger partial charge in [0.2, 0.25) is 0 Å². The third kappa shape index (κ3) is 1.99. The number of rotatable bonds is 3. The van der Waals surface area contributed by atoms with Crippen LogP contribution < -0.4 is 4.74 Å². The van der Waals surface area contributed by atoms with E-state index in [1.54, 1.807) is 13.2 Å². The molecule has 0 aliphatic heterocycles. The number of methoxy groups -OCH3 is 1. The average molecular weight is 242 g/mol. The molecule has 0 spiro atoms. The van der Waals surface area contributed by atoms with Crippen LogP contribution in [0.5, 0.6) is 5.75 Å². The minimum atomic E-state index is 0.700. The van der Waals surface area contributed by atoms with Crippen LogP contribution in [-0.2, 0) is 0 Å². The quantitative estimate of drug-likeness (QED) is 0.748. The van der Waals surface area contributed by atoms with E-state index in [4.69, 9.17) is 4.74 Å². The Kier molecular flexibility index (Phi) is 3.37. The standard InChI is InChI=1S/C16H18O2/c1-10-7-16(12(3)11(10)2)15-6-5-14(18-4)8-13(15)9-17/h5-6,8-9H,7H2,1-4H3. The molecule has 1 aliphatic carbocycles. The van der Waals surface area contributed by atoms with E-state index in [2.05, 4.69) is 20.8 Å². The van der Waals surface area contributed by atoms with Crippen molar-refractivity contribution in [2.45, 2.75) is 27.2 Å². The molecular weight excluding hydrogens is 224 g/mol. The van der Waals surface area contributed by atoms with E-state index in [1.165, 1.54) is 22.3 Å². The van der Waals surface area contributed by atoms with E-state index >= 15 is 0 Å². The van der Waals surface area contributed by atoms with Crippen molar-refractivity contribution in [3.63, 3.8) is 0 Å². The molecule has 1 aromatic carbocycles. The predicted octanol–water partition coefficient (Wildman–Crippen LogP) is 4.02. The molecule has 18 heavy (non-hydrogen) atoms. The van der Waals surface area contributed by atoms with Gasteiger partial charge in [-0.1, -0.05) is 11.6 Å². The minimum absolute atomic E-state index is 0.700. The number of allylic oxidation sites excluding steroid dienone is 4. The summed E-state index contributed by atoms with van der Waals surface area (Å²) >= 11 is 0. The Hall–Kier alpha value is -1.83. The summed E-state index contributed by atoms with van der Waals surface area (Å²) in [6.45, 7) is 6.41. The highest BCUT2D eigenvalue weighted by Gasteiger charge is 2.19. The highest BCUT2D eigenvalue weighted by molar-refractivity contribution is 5.89. The molecule has 0 amide bonds. The summed E-state index contributed by atoms with van der Waals surface area (Å²) in [5.74, 6) is 0.721. The molecule has 1 aliphatic rings. The lowest BCUT2D eigenvalue weighted by Crippen LogP contribution is -1.94. The SMILES string of the molecule is COc1ccc(C2=C(C)C(C)=C(C)C2)c(C=O)c1. The molecule has 0 radical (unpaired) electrons.